The van der Waals surface area contributed by atoms with Crippen molar-refractivity contribution in [1.82, 2.24) is 4.98 Å². The molecule has 0 amide bonds. The van der Waals surface area contributed by atoms with E-state index in [2.05, 4.69) is 23.2 Å². The van der Waals surface area contributed by atoms with Crippen LogP contribution in [0, 0.1) is 0 Å². The van der Waals surface area contributed by atoms with Crippen LogP contribution in [0.1, 0.15) is 5.56 Å². The highest BCUT2D eigenvalue weighted by atomic mass is 35.5. The number of halogens is 1. The van der Waals surface area contributed by atoms with Crippen molar-refractivity contribution < 1.29 is 0 Å². The summed E-state index contributed by atoms with van der Waals surface area (Å²) in [5.74, 6) is 0. The van der Waals surface area contributed by atoms with E-state index in [1.807, 2.05) is 36.7 Å². The molecule has 2 aromatic carbocycles. The third kappa shape index (κ3) is 2.21. The molecule has 2 nitrogen and oxygen atoms in total. The molecule has 19 heavy (non-hydrogen) atoms. The van der Waals surface area contributed by atoms with E-state index < -0.39 is 0 Å². The standard InChI is InChI=1S/C16H13ClN2/c17-16-5-4-11(8-13(16)9-18)14-3-1-2-12-10-19-7-6-15(12)14/h1-8,10H,9,18H2. The second kappa shape index (κ2) is 5.00. The van der Waals surface area contributed by atoms with Crippen LogP contribution in [0.5, 0.6) is 0 Å². The number of pyridine rings is 1. The van der Waals surface area contributed by atoms with E-state index in [0.29, 0.717) is 11.6 Å². The van der Waals surface area contributed by atoms with Crippen LogP contribution < -0.4 is 5.73 Å². The summed E-state index contributed by atoms with van der Waals surface area (Å²) in [5, 5.41) is 3.03. The van der Waals surface area contributed by atoms with Crippen molar-refractivity contribution in [2.75, 3.05) is 0 Å². The van der Waals surface area contributed by atoms with Gasteiger partial charge in [-0.15, -0.1) is 0 Å². The van der Waals surface area contributed by atoms with Crippen LogP contribution >= 0.6 is 11.6 Å². The number of hydrogen-bond donors (Lipinski definition) is 1. The first-order valence-corrected chi connectivity index (χ1v) is 6.49. The van der Waals surface area contributed by atoms with Gasteiger partial charge >= 0.3 is 0 Å². The molecule has 0 saturated carbocycles. The first-order valence-electron chi connectivity index (χ1n) is 6.11. The summed E-state index contributed by atoms with van der Waals surface area (Å²) in [6.07, 6.45) is 3.68. The summed E-state index contributed by atoms with van der Waals surface area (Å²) in [7, 11) is 0. The summed E-state index contributed by atoms with van der Waals surface area (Å²) in [6, 6.07) is 14.2. The van der Waals surface area contributed by atoms with Crippen LogP contribution in [-0.4, -0.2) is 4.98 Å². The number of fused-ring (bicyclic) bond motifs is 1. The average Bonchev–Trinajstić information content (AvgIpc) is 2.47. The summed E-state index contributed by atoms with van der Waals surface area (Å²) >= 11 is 6.11. The number of aromatic nitrogens is 1. The molecular formula is C16H13ClN2. The molecule has 0 spiro atoms. The Morgan fingerprint density at radius 3 is 2.84 bits per heavy atom. The molecule has 2 N–H and O–H groups in total. The second-order valence-electron chi connectivity index (χ2n) is 4.41. The maximum absolute atomic E-state index is 6.11. The fraction of sp³-hybridized carbons (Fsp3) is 0.0625. The predicted octanol–water partition coefficient (Wildman–Crippen LogP) is 4.01. The Morgan fingerprint density at radius 1 is 1.11 bits per heavy atom. The van der Waals surface area contributed by atoms with Crippen molar-refractivity contribution in [2.24, 2.45) is 5.73 Å². The lowest BCUT2D eigenvalue weighted by molar-refractivity contribution is 1.07. The Hall–Kier alpha value is -1.90. The predicted molar refractivity (Wildman–Crippen MR) is 80.1 cm³/mol. The molecule has 0 aliphatic carbocycles. The molecule has 0 bridgehead atoms. The van der Waals surface area contributed by atoms with Gasteiger partial charge in [-0.05, 0) is 40.3 Å². The Balaban J connectivity index is 2.24. The Bertz CT molecular complexity index is 732. The lowest BCUT2D eigenvalue weighted by Gasteiger charge is -2.09. The molecule has 0 fully saturated rings. The van der Waals surface area contributed by atoms with Gasteiger partial charge in [0.1, 0.15) is 0 Å². The van der Waals surface area contributed by atoms with Gasteiger partial charge in [0.2, 0.25) is 0 Å². The number of nitrogens with zero attached hydrogens (tertiary/aromatic N) is 1. The smallest absolute Gasteiger partial charge is 0.0451 e. The lowest BCUT2D eigenvalue weighted by Crippen LogP contribution is -1.97. The third-order valence-corrected chi connectivity index (χ3v) is 3.63. The van der Waals surface area contributed by atoms with Gasteiger partial charge in [0.05, 0.1) is 0 Å². The highest BCUT2D eigenvalue weighted by Crippen LogP contribution is 2.30. The molecule has 94 valence electrons. The molecule has 1 aromatic heterocycles. The van der Waals surface area contributed by atoms with Gasteiger partial charge in [-0.1, -0.05) is 35.9 Å². The van der Waals surface area contributed by atoms with Gasteiger partial charge in [-0.25, -0.2) is 0 Å². The molecule has 0 aliphatic rings. The van der Waals surface area contributed by atoms with Crippen LogP contribution in [0.15, 0.2) is 54.9 Å². The quantitative estimate of drug-likeness (QED) is 0.763. The lowest BCUT2D eigenvalue weighted by atomic mass is 9.98. The molecule has 0 saturated heterocycles. The van der Waals surface area contributed by atoms with E-state index in [1.165, 1.54) is 10.9 Å². The molecule has 0 aliphatic heterocycles. The van der Waals surface area contributed by atoms with Gasteiger partial charge in [-0.2, -0.15) is 0 Å². The number of benzene rings is 2. The highest BCUT2D eigenvalue weighted by Gasteiger charge is 2.06. The van der Waals surface area contributed by atoms with E-state index in [0.717, 1.165) is 16.5 Å². The van der Waals surface area contributed by atoms with Crippen molar-refractivity contribution >= 4 is 22.4 Å². The zero-order chi connectivity index (χ0) is 13.2. The number of nitrogens with two attached hydrogens (primary N) is 1. The second-order valence-corrected chi connectivity index (χ2v) is 4.82. The van der Waals surface area contributed by atoms with Crippen LogP contribution in [0.25, 0.3) is 21.9 Å². The monoisotopic (exact) mass is 268 g/mol. The summed E-state index contributed by atoms with van der Waals surface area (Å²) in [5.41, 5.74) is 8.98. The molecule has 0 radical (unpaired) electrons. The molecular weight excluding hydrogens is 256 g/mol. The van der Waals surface area contributed by atoms with Crippen molar-refractivity contribution in [3.8, 4) is 11.1 Å². The van der Waals surface area contributed by atoms with E-state index in [-0.39, 0.29) is 0 Å². The molecule has 0 unspecified atom stereocenters. The zero-order valence-electron chi connectivity index (χ0n) is 10.3. The first-order chi connectivity index (χ1) is 9.29. The minimum atomic E-state index is 0.443. The topological polar surface area (TPSA) is 38.9 Å². The largest absolute Gasteiger partial charge is 0.326 e. The summed E-state index contributed by atoms with van der Waals surface area (Å²) in [6.45, 7) is 0.443. The maximum Gasteiger partial charge on any atom is 0.0451 e. The normalized spacial score (nSPS) is 10.8. The van der Waals surface area contributed by atoms with E-state index in [1.54, 1.807) is 0 Å². The van der Waals surface area contributed by atoms with E-state index in [4.69, 9.17) is 17.3 Å². The first kappa shape index (κ1) is 12.2. The fourth-order valence-electron chi connectivity index (χ4n) is 2.27. The van der Waals surface area contributed by atoms with Gasteiger partial charge in [0, 0.05) is 29.3 Å². The minimum absolute atomic E-state index is 0.443. The minimum Gasteiger partial charge on any atom is -0.326 e. The molecule has 3 rings (SSSR count). The van der Waals surface area contributed by atoms with Crippen LogP contribution in [0.2, 0.25) is 5.02 Å². The van der Waals surface area contributed by atoms with Gasteiger partial charge in [-0.3, -0.25) is 4.98 Å². The van der Waals surface area contributed by atoms with E-state index in [9.17, 15) is 0 Å². The Morgan fingerprint density at radius 2 is 2.00 bits per heavy atom. The van der Waals surface area contributed by atoms with Gasteiger partial charge in [0.15, 0.2) is 0 Å². The zero-order valence-corrected chi connectivity index (χ0v) is 11.1. The Labute approximate surface area is 116 Å². The molecule has 3 aromatic rings. The SMILES string of the molecule is NCc1cc(-c2cccc3cnccc23)ccc1Cl. The number of hydrogen-bond acceptors (Lipinski definition) is 2. The van der Waals surface area contributed by atoms with Gasteiger partial charge in [0.25, 0.3) is 0 Å². The fourth-order valence-corrected chi connectivity index (χ4v) is 2.47. The van der Waals surface area contributed by atoms with Crippen molar-refractivity contribution in [3.63, 3.8) is 0 Å². The number of rotatable bonds is 2. The van der Waals surface area contributed by atoms with Gasteiger partial charge < -0.3 is 5.73 Å². The van der Waals surface area contributed by atoms with Crippen molar-refractivity contribution in [3.05, 3.63) is 65.4 Å². The Kier molecular flexibility index (Phi) is 3.20. The summed E-state index contributed by atoms with van der Waals surface area (Å²) < 4.78 is 0. The van der Waals surface area contributed by atoms with Crippen LogP contribution in [0.3, 0.4) is 0 Å². The maximum atomic E-state index is 6.11. The van der Waals surface area contributed by atoms with E-state index >= 15 is 0 Å². The third-order valence-electron chi connectivity index (χ3n) is 3.26. The molecule has 1 heterocycles. The summed E-state index contributed by atoms with van der Waals surface area (Å²) in [4.78, 5) is 4.15. The highest BCUT2D eigenvalue weighted by molar-refractivity contribution is 6.31. The van der Waals surface area contributed by atoms with Crippen LogP contribution in [0.4, 0.5) is 0 Å². The molecule has 0 atom stereocenters. The van der Waals surface area contributed by atoms with Crippen molar-refractivity contribution in [2.45, 2.75) is 6.54 Å². The van der Waals surface area contributed by atoms with Crippen molar-refractivity contribution in [1.29, 1.82) is 0 Å². The van der Waals surface area contributed by atoms with Crippen LogP contribution in [-0.2, 0) is 6.54 Å². The molecule has 3 heteroatoms. The average molecular weight is 269 g/mol.